The molecule has 33 heavy (non-hydrogen) atoms. The number of hydrogen-bond donors (Lipinski definition) is 1. The zero-order chi connectivity index (χ0) is 23.6. The number of allylic oxidation sites excluding steroid dienone is 1. The summed E-state index contributed by atoms with van der Waals surface area (Å²) in [5.74, 6) is 0.188. The number of nitrogens with one attached hydrogen (secondary N) is 1. The van der Waals surface area contributed by atoms with Crippen LogP contribution in [0.3, 0.4) is 0 Å². The van der Waals surface area contributed by atoms with Crippen LogP contribution in [0.2, 0.25) is 0 Å². The highest BCUT2D eigenvalue weighted by atomic mass is 32.2. The molecule has 0 spiro atoms. The molecule has 1 amide bonds. The lowest BCUT2D eigenvalue weighted by molar-refractivity contribution is -0.120. The maximum Gasteiger partial charge on any atom is 0.233 e. The largest absolute Gasteiger partial charge is 0.483 e. The minimum Gasteiger partial charge on any atom is -0.483 e. The van der Waals surface area contributed by atoms with Gasteiger partial charge >= 0.3 is 0 Å². The summed E-state index contributed by atoms with van der Waals surface area (Å²) in [4.78, 5) is 12.7. The minimum atomic E-state index is -0.437. The first-order valence-corrected chi connectivity index (χ1v) is 11.8. The molecule has 2 aromatic carbocycles. The van der Waals surface area contributed by atoms with Gasteiger partial charge < -0.3 is 10.1 Å². The average molecular weight is 469 g/mol. The second-order valence-corrected chi connectivity index (χ2v) is 9.02. The van der Waals surface area contributed by atoms with Crippen molar-refractivity contribution in [1.29, 1.82) is 0 Å². The Balaban J connectivity index is 1.56. The molecule has 0 radical (unpaired) electrons. The van der Waals surface area contributed by atoms with Gasteiger partial charge in [-0.1, -0.05) is 60.3 Å². The Hall–Kier alpha value is -3.13. The molecule has 3 aromatic rings. The van der Waals surface area contributed by atoms with Crippen molar-refractivity contribution in [3.63, 3.8) is 0 Å². The van der Waals surface area contributed by atoms with E-state index in [1.165, 1.54) is 23.4 Å². The summed E-state index contributed by atoms with van der Waals surface area (Å²) >= 11 is 1.32. The molecule has 174 valence electrons. The Morgan fingerprint density at radius 2 is 1.91 bits per heavy atom. The molecule has 6 nitrogen and oxygen atoms in total. The number of carbonyl (C=O) groups is 1. The molecule has 0 aliphatic rings. The number of hydrogen-bond acceptors (Lipinski definition) is 5. The number of aryl methyl sites for hydroxylation is 1. The van der Waals surface area contributed by atoms with Gasteiger partial charge in [-0.2, -0.15) is 0 Å². The summed E-state index contributed by atoms with van der Waals surface area (Å²) < 4.78 is 21.2. The number of rotatable bonds is 12. The number of aromatic nitrogens is 3. The second-order valence-electron chi connectivity index (χ2n) is 7.71. The number of halogens is 1. The van der Waals surface area contributed by atoms with E-state index in [1.807, 2.05) is 36.6 Å². The van der Waals surface area contributed by atoms with Gasteiger partial charge in [0.1, 0.15) is 6.61 Å². The molecule has 2 unspecified atom stereocenters. The number of carbonyl (C=O) groups excluding carboxylic acids is 1. The van der Waals surface area contributed by atoms with Crippen molar-refractivity contribution in [2.75, 3.05) is 0 Å². The summed E-state index contributed by atoms with van der Waals surface area (Å²) in [6.07, 6.45) is 3.48. The Kier molecular flexibility index (Phi) is 9.06. The first-order chi connectivity index (χ1) is 16.0. The number of nitrogens with zero attached hydrogens (tertiary/aromatic N) is 3. The molecule has 2 atom stereocenters. The molecule has 0 aliphatic heterocycles. The SMILES string of the molecule is C=CCn1c(COc2ccccc2F)nnc1SC(C)C(=O)NC(C)CCc1ccccc1. The third-order valence-corrected chi connectivity index (χ3v) is 6.13. The number of amides is 1. The van der Waals surface area contributed by atoms with Crippen molar-refractivity contribution >= 4 is 17.7 Å². The predicted molar refractivity (Wildman–Crippen MR) is 129 cm³/mol. The smallest absolute Gasteiger partial charge is 0.233 e. The number of ether oxygens (including phenoxy) is 1. The summed E-state index contributed by atoms with van der Waals surface area (Å²) in [6.45, 7) is 8.14. The molecule has 1 aromatic heterocycles. The molecule has 0 saturated carbocycles. The van der Waals surface area contributed by atoms with Crippen molar-refractivity contribution in [2.45, 2.75) is 56.3 Å². The van der Waals surface area contributed by atoms with Crippen molar-refractivity contribution in [3.8, 4) is 5.75 Å². The number of benzene rings is 2. The van der Waals surface area contributed by atoms with Gasteiger partial charge in [-0.05, 0) is 44.4 Å². The minimum absolute atomic E-state index is 0.0523. The third kappa shape index (κ3) is 7.18. The first-order valence-electron chi connectivity index (χ1n) is 10.9. The number of para-hydroxylation sites is 1. The van der Waals surface area contributed by atoms with Crippen LogP contribution in [0.4, 0.5) is 4.39 Å². The highest BCUT2D eigenvalue weighted by molar-refractivity contribution is 8.00. The third-order valence-electron chi connectivity index (χ3n) is 5.05. The lowest BCUT2D eigenvalue weighted by Gasteiger charge is -2.17. The average Bonchev–Trinajstić information content (AvgIpc) is 3.19. The zero-order valence-corrected chi connectivity index (χ0v) is 19.7. The highest BCUT2D eigenvalue weighted by Gasteiger charge is 2.21. The fraction of sp³-hybridized carbons (Fsp3) is 0.320. The molecule has 1 heterocycles. The van der Waals surface area contributed by atoms with Crippen molar-refractivity contribution in [3.05, 3.63) is 84.5 Å². The van der Waals surface area contributed by atoms with E-state index in [1.54, 1.807) is 24.3 Å². The van der Waals surface area contributed by atoms with Crippen molar-refractivity contribution in [1.82, 2.24) is 20.1 Å². The van der Waals surface area contributed by atoms with E-state index < -0.39 is 5.82 Å². The summed E-state index contributed by atoms with van der Waals surface area (Å²) in [6, 6.07) is 16.5. The lowest BCUT2D eigenvalue weighted by Crippen LogP contribution is -2.38. The molecule has 8 heteroatoms. The molecule has 0 fully saturated rings. The van der Waals surface area contributed by atoms with Gasteiger partial charge in [-0.3, -0.25) is 9.36 Å². The van der Waals surface area contributed by atoms with Gasteiger partial charge in [0.15, 0.2) is 22.5 Å². The van der Waals surface area contributed by atoms with Crippen LogP contribution in [0.15, 0.2) is 72.4 Å². The monoisotopic (exact) mass is 468 g/mol. The van der Waals surface area contributed by atoms with E-state index in [-0.39, 0.29) is 29.6 Å². The summed E-state index contributed by atoms with van der Waals surface area (Å²) in [5.41, 5.74) is 1.25. The van der Waals surface area contributed by atoms with Gasteiger partial charge in [0.05, 0.1) is 5.25 Å². The van der Waals surface area contributed by atoms with Crippen LogP contribution in [-0.2, 0) is 24.4 Å². The Labute approximate surface area is 198 Å². The van der Waals surface area contributed by atoms with Gasteiger partial charge in [0, 0.05) is 12.6 Å². The van der Waals surface area contributed by atoms with Crippen LogP contribution in [0.1, 0.15) is 31.7 Å². The van der Waals surface area contributed by atoms with E-state index in [0.29, 0.717) is 17.5 Å². The molecular weight excluding hydrogens is 439 g/mol. The van der Waals surface area contributed by atoms with Crippen LogP contribution in [0.5, 0.6) is 5.75 Å². The Morgan fingerprint density at radius 1 is 1.18 bits per heavy atom. The summed E-state index contributed by atoms with van der Waals surface area (Å²) in [7, 11) is 0. The van der Waals surface area contributed by atoms with Gasteiger partial charge in [-0.25, -0.2) is 4.39 Å². The van der Waals surface area contributed by atoms with Gasteiger partial charge in [0.25, 0.3) is 0 Å². The molecule has 0 bridgehead atoms. The molecule has 1 N–H and O–H groups in total. The fourth-order valence-corrected chi connectivity index (χ4v) is 4.09. The topological polar surface area (TPSA) is 69.0 Å². The Morgan fingerprint density at radius 3 is 2.64 bits per heavy atom. The van der Waals surface area contributed by atoms with E-state index in [4.69, 9.17) is 4.74 Å². The normalized spacial score (nSPS) is 12.7. The van der Waals surface area contributed by atoms with E-state index >= 15 is 0 Å². The molecule has 0 saturated heterocycles. The van der Waals surface area contributed by atoms with Crippen LogP contribution in [-0.4, -0.2) is 32.0 Å². The van der Waals surface area contributed by atoms with Crippen LogP contribution >= 0.6 is 11.8 Å². The van der Waals surface area contributed by atoms with E-state index in [0.717, 1.165) is 12.8 Å². The Bertz CT molecular complexity index is 1060. The summed E-state index contributed by atoms with van der Waals surface area (Å²) in [5, 5.41) is 11.7. The second kappa shape index (κ2) is 12.2. The van der Waals surface area contributed by atoms with Crippen molar-refractivity contribution < 1.29 is 13.9 Å². The van der Waals surface area contributed by atoms with Gasteiger partial charge in [-0.15, -0.1) is 16.8 Å². The van der Waals surface area contributed by atoms with E-state index in [2.05, 4.69) is 34.2 Å². The fourth-order valence-electron chi connectivity index (χ4n) is 3.20. The molecule has 3 rings (SSSR count). The predicted octanol–water partition coefficient (Wildman–Crippen LogP) is 4.80. The maximum atomic E-state index is 13.8. The quantitative estimate of drug-likeness (QED) is 0.305. The van der Waals surface area contributed by atoms with Crippen LogP contribution in [0, 0.1) is 5.82 Å². The van der Waals surface area contributed by atoms with Crippen LogP contribution < -0.4 is 10.1 Å². The number of thioether (sulfide) groups is 1. The van der Waals surface area contributed by atoms with Crippen molar-refractivity contribution in [2.24, 2.45) is 0 Å². The maximum absolute atomic E-state index is 13.8. The molecule has 0 aliphatic carbocycles. The molecular formula is C25H29FN4O2S. The zero-order valence-electron chi connectivity index (χ0n) is 18.9. The standard InChI is InChI=1S/C25H29FN4O2S/c1-4-16-30-23(17-32-22-13-9-8-12-21(22)26)28-29-25(30)33-19(3)24(31)27-18(2)14-15-20-10-6-5-7-11-20/h4-13,18-19H,1,14-17H2,2-3H3,(H,27,31). The lowest BCUT2D eigenvalue weighted by atomic mass is 10.1. The highest BCUT2D eigenvalue weighted by Crippen LogP contribution is 2.24. The van der Waals surface area contributed by atoms with Crippen LogP contribution in [0.25, 0.3) is 0 Å². The van der Waals surface area contributed by atoms with E-state index in [9.17, 15) is 9.18 Å². The first kappa shape index (κ1) is 24.5. The van der Waals surface area contributed by atoms with Gasteiger partial charge in [0.2, 0.25) is 5.91 Å².